The Morgan fingerprint density at radius 3 is 2.94 bits per heavy atom. The second-order valence-electron chi connectivity index (χ2n) is 3.27. The Morgan fingerprint density at radius 1 is 1.56 bits per heavy atom. The predicted octanol–water partition coefficient (Wildman–Crippen LogP) is 0.997. The fourth-order valence-corrected chi connectivity index (χ4v) is 1.90. The molecule has 1 aromatic rings. The van der Waals surface area contributed by atoms with E-state index in [1.165, 1.54) is 6.33 Å². The van der Waals surface area contributed by atoms with Crippen LogP contribution in [0.3, 0.4) is 0 Å². The van der Waals surface area contributed by atoms with Crippen LogP contribution in [0.15, 0.2) is 10.8 Å². The zero-order valence-corrected chi connectivity index (χ0v) is 11.0. The molecule has 6 nitrogen and oxygen atoms in total. The van der Waals surface area contributed by atoms with Crippen molar-refractivity contribution in [3.63, 3.8) is 0 Å². The molecular weight excluding hydrogens is 274 g/mol. The van der Waals surface area contributed by atoms with E-state index in [9.17, 15) is 0 Å². The number of halogens is 1. The molecule has 0 saturated heterocycles. The molecule has 1 heterocycles. The van der Waals surface area contributed by atoms with Crippen molar-refractivity contribution in [3.05, 3.63) is 10.8 Å². The van der Waals surface area contributed by atoms with Crippen LogP contribution in [0.2, 0.25) is 0 Å². The summed E-state index contributed by atoms with van der Waals surface area (Å²) >= 11 is 3.41. The van der Waals surface area contributed by atoms with E-state index in [2.05, 4.69) is 31.3 Å². The van der Waals surface area contributed by atoms with Gasteiger partial charge in [0.25, 0.3) is 0 Å². The summed E-state index contributed by atoms with van der Waals surface area (Å²) in [6, 6.07) is 0. The van der Waals surface area contributed by atoms with Gasteiger partial charge in [0.15, 0.2) is 5.82 Å². The number of nitrogens with zero attached hydrogens (tertiary/aromatic N) is 3. The maximum atomic E-state index is 5.33. The molecule has 0 amide bonds. The van der Waals surface area contributed by atoms with E-state index in [4.69, 9.17) is 10.6 Å². The highest BCUT2D eigenvalue weighted by Gasteiger charge is 2.11. The van der Waals surface area contributed by atoms with Crippen molar-refractivity contribution in [2.45, 2.75) is 6.42 Å². The number of nitrogen functional groups attached to an aromatic ring is 1. The van der Waals surface area contributed by atoms with Crippen LogP contribution in [0.4, 0.5) is 11.6 Å². The van der Waals surface area contributed by atoms with Gasteiger partial charge in [-0.05, 0) is 22.4 Å². The lowest BCUT2D eigenvalue weighted by Crippen LogP contribution is -2.22. The highest BCUT2D eigenvalue weighted by molar-refractivity contribution is 9.10. The SMILES string of the molecule is COCCCN(C)c1ncnc(NN)c1Br. The van der Waals surface area contributed by atoms with E-state index in [0.717, 1.165) is 29.9 Å². The van der Waals surface area contributed by atoms with Crippen LogP contribution in [-0.4, -0.2) is 37.3 Å². The van der Waals surface area contributed by atoms with Crippen LogP contribution in [0.1, 0.15) is 6.42 Å². The monoisotopic (exact) mass is 289 g/mol. The quantitative estimate of drug-likeness (QED) is 0.462. The summed E-state index contributed by atoms with van der Waals surface area (Å²) in [4.78, 5) is 10.2. The summed E-state index contributed by atoms with van der Waals surface area (Å²) in [5, 5.41) is 0. The minimum Gasteiger partial charge on any atom is -0.385 e. The van der Waals surface area contributed by atoms with Gasteiger partial charge in [0, 0.05) is 27.3 Å². The molecule has 0 aliphatic rings. The summed E-state index contributed by atoms with van der Waals surface area (Å²) in [5.74, 6) is 6.71. The van der Waals surface area contributed by atoms with Crippen LogP contribution in [0, 0.1) is 0 Å². The zero-order chi connectivity index (χ0) is 12.0. The molecule has 0 fully saturated rings. The minimum absolute atomic E-state index is 0.573. The lowest BCUT2D eigenvalue weighted by atomic mass is 10.4. The second kappa shape index (κ2) is 6.62. The van der Waals surface area contributed by atoms with E-state index >= 15 is 0 Å². The van der Waals surface area contributed by atoms with Crippen LogP contribution >= 0.6 is 15.9 Å². The number of nitrogens with one attached hydrogen (secondary N) is 1. The van der Waals surface area contributed by atoms with Gasteiger partial charge in [0.2, 0.25) is 0 Å². The number of hydrogen-bond acceptors (Lipinski definition) is 6. The Labute approximate surface area is 103 Å². The fourth-order valence-electron chi connectivity index (χ4n) is 1.28. The molecule has 90 valence electrons. The van der Waals surface area contributed by atoms with Gasteiger partial charge in [-0.1, -0.05) is 0 Å². The number of anilines is 2. The molecule has 0 spiro atoms. The Kier molecular flexibility index (Phi) is 5.44. The first-order chi connectivity index (χ1) is 7.70. The molecule has 7 heteroatoms. The Hall–Kier alpha value is -0.920. The third-order valence-corrected chi connectivity index (χ3v) is 2.84. The lowest BCUT2D eigenvalue weighted by molar-refractivity contribution is 0.196. The van der Waals surface area contributed by atoms with E-state index in [-0.39, 0.29) is 0 Å². The number of rotatable bonds is 6. The zero-order valence-electron chi connectivity index (χ0n) is 9.40. The summed E-state index contributed by atoms with van der Waals surface area (Å²) in [6.45, 7) is 1.59. The molecule has 16 heavy (non-hydrogen) atoms. The molecule has 0 saturated carbocycles. The summed E-state index contributed by atoms with van der Waals surface area (Å²) in [7, 11) is 3.65. The molecule has 0 radical (unpaired) electrons. The standard InChI is InChI=1S/C9H16BrN5O/c1-15(4-3-5-16-2)9-7(10)8(14-11)12-6-13-9/h6H,3-5,11H2,1-2H3,(H,12,13,14). The smallest absolute Gasteiger partial charge is 0.159 e. The highest BCUT2D eigenvalue weighted by Crippen LogP contribution is 2.27. The highest BCUT2D eigenvalue weighted by atomic mass is 79.9. The second-order valence-corrected chi connectivity index (χ2v) is 4.07. The number of ether oxygens (including phenoxy) is 1. The van der Waals surface area contributed by atoms with Crippen molar-refractivity contribution in [1.82, 2.24) is 9.97 Å². The molecule has 1 rings (SSSR count). The normalized spacial score (nSPS) is 10.2. The van der Waals surface area contributed by atoms with Crippen molar-refractivity contribution in [1.29, 1.82) is 0 Å². The predicted molar refractivity (Wildman–Crippen MR) is 67.3 cm³/mol. The fraction of sp³-hybridized carbons (Fsp3) is 0.556. The molecule has 0 unspecified atom stereocenters. The summed E-state index contributed by atoms with van der Waals surface area (Å²) in [5.41, 5.74) is 2.51. The molecule has 0 aliphatic carbocycles. The summed E-state index contributed by atoms with van der Waals surface area (Å²) in [6.07, 6.45) is 2.41. The van der Waals surface area contributed by atoms with Crippen molar-refractivity contribution in [2.75, 3.05) is 37.6 Å². The van der Waals surface area contributed by atoms with Crippen molar-refractivity contribution < 1.29 is 4.74 Å². The number of aromatic nitrogens is 2. The molecule has 0 bridgehead atoms. The Morgan fingerprint density at radius 2 is 2.31 bits per heavy atom. The average molecular weight is 290 g/mol. The van der Waals surface area contributed by atoms with Crippen LogP contribution in [0.5, 0.6) is 0 Å². The van der Waals surface area contributed by atoms with Crippen molar-refractivity contribution >= 4 is 27.6 Å². The van der Waals surface area contributed by atoms with E-state index < -0.39 is 0 Å². The van der Waals surface area contributed by atoms with Crippen LogP contribution in [-0.2, 0) is 4.74 Å². The number of methoxy groups -OCH3 is 1. The summed E-state index contributed by atoms with van der Waals surface area (Å²) < 4.78 is 5.76. The average Bonchev–Trinajstić information content (AvgIpc) is 2.29. The van der Waals surface area contributed by atoms with Gasteiger partial charge < -0.3 is 15.1 Å². The Bertz CT molecular complexity index is 336. The molecular formula is C9H16BrN5O. The van der Waals surface area contributed by atoms with Crippen molar-refractivity contribution in [2.24, 2.45) is 5.84 Å². The van der Waals surface area contributed by atoms with Gasteiger partial charge in [-0.2, -0.15) is 0 Å². The maximum absolute atomic E-state index is 5.33. The van der Waals surface area contributed by atoms with Gasteiger partial charge in [0.05, 0.1) is 0 Å². The first kappa shape index (κ1) is 13.1. The number of hydrogen-bond donors (Lipinski definition) is 2. The molecule has 1 aromatic heterocycles. The van der Waals surface area contributed by atoms with Crippen LogP contribution < -0.4 is 16.2 Å². The van der Waals surface area contributed by atoms with E-state index in [0.29, 0.717) is 5.82 Å². The topological polar surface area (TPSA) is 76.3 Å². The van der Waals surface area contributed by atoms with Gasteiger partial charge in [0.1, 0.15) is 16.6 Å². The van der Waals surface area contributed by atoms with Gasteiger partial charge >= 0.3 is 0 Å². The van der Waals surface area contributed by atoms with Crippen molar-refractivity contribution in [3.8, 4) is 0 Å². The first-order valence-electron chi connectivity index (χ1n) is 4.88. The van der Waals surface area contributed by atoms with Gasteiger partial charge in [-0.15, -0.1) is 0 Å². The number of nitrogens with two attached hydrogens (primary N) is 1. The number of hydrazine groups is 1. The van der Waals surface area contributed by atoms with E-state index in [1.807, 2.05) is 11.9 Å². The molecule has 0 aromatic carbocycles. The first-order valence-corrected chi connectivity index (χ1v) is 5.67. The molecule has 0 atom stereocenters. The molecule has 0 aliphatic heterocycles. The third kappa shape index (κ3) is 3.29. The van der Waals surface area contributed by atoms with Gasteiger partial charge in [-0.25, -0.2) is 15.8 Å². The maximum Gasteiger partial charge on any atom is 0.159 e. The van der Waals surface area contributed by atoms with E-state index in [1.54, 1.807) is 7.11 Å². The van der Waals surface area contributed by atoms with Gasteiger partial charge in [-0.3, -0.25) is 0 Å². The largest absolute Gasteiger partial charge is 0.385 e. The minimum atomic E-state index is 0.573. The van der Waals surface area contributed by atoms with Crippen LogP contribution in [0.25, 0.3) is 0 Å². The lowest BCUT2D eigenvalue weighted by Gasteiger charge is -2.19. The Balaban J connectivity index is 2.71. The molecule has 3 N–H and O–H groups in total. The third-order valence-electron chi connectivity index (χ3n) is 2.11.